The zero-order valence-corrected chi connectivity index (χ0v) is 8.93. The van der Waals surface area contributed by atoms with E-state index in [9.17, 15) is 4.79 Å². The minimum absolute atomic E-state index is 0.782. The molecule has 0 fully saturated rings. The summed E-state index contributed by atoms with van der Waals surface area (Å²) in [4.78, 5) is 10.1. The first-order valence-electron chi connectivity index (χ1n) is 2.15. The predicted octanol–water partition coefficient (Wildman–Crippen LogP) is 2.12. The van der Waals surface area contributed by atoms with Gasteiger partial charge >= 0.3 is 68.1 Å². The van der Waals surface area contributed by atoms with E-state index in [4.69, 9.17) is 35.1 Å². The van der Waals surface area contributed by atoms with Gasteiger partial charge in [0, 0.05) is 0 Å². The number of halogens is 3. The molecule has 1 atom stereocenters. The molecule has 2 nitrogen and oxygen atoms in total. The van der Waals surface area contributed by atoms with Crippen LogP contribution in [0.25, 0.3) is 0 Å². The van der Waals surface area contributed by atoms with Crippen LogP contribution < -0.4 is 0 Å². The van der Waals surface area contributed by atoms with E-state index < -0.39 is 21.2 Å². The number of aliphatic carboxylic acids is 1. The maximum atomic E-state index is 10.1. The average molecular weight is 252 g/mol. The van der Waals surface area contributed by atoms with Crippen molar-refractivity contribution in [3.8, 4) is 0 Å². The van der Waals surface area contributed by atoms with Crippen LogP contribution in [0, 0.1) is 0 Å². The molecule has 0 aliphatic rings. The first-order valence-corrected chi connectivity index (χ1v) is 11.6. The Hall–Kier alpha value is 0.883. The van der Waals surface area contributed by atoms with Crippen LogP contribution in [0.15, 0.2) is 0 Å². The fraction of sp³-hybridized carbons (Fsp3) is 0.667. The Balaban J connectivity index is 4.04. The third-order valence-electron chi connectivity index (χ3n) is 0.861. The second-order valence-corrected chi connectivity index (χ2v) is 18.0. The monoisotopic (exact) mass is 252 g/mol. The Morgan fingerprint density at radius 2 is 1.89 bits per heavy atom. The summed E-state index contributed by atoms with van der Waals surface area (Å²) in [5.41, 5.74) is 0. The van der Waals surface area contributed by atoms with Crippen molar-refractivity contribution in [1.29, 1.82) is 0 Å². The molecule has 0 aliphatic carbocycles. The molecule has 6 heteroatoms. The Kier molecular flexibility index (Phi) is 3.65. The zero-order chi connectivity index (χ0) is 7.65. The van der Waals surface area contributed by atoms with E-state index in [1.807, 2.05) is 0 Å². The van der Waals surface area contributed by atoms with Gasteiger partial charge in [-0.25, -0.2) is 0 Å². The summed E-state index contributed by atoms with van der Waals surface area (Å²) < 4.78 is -0.782. The standard InChI is InChI=1S/C3H5Cl3GeO2/c1-2(3(8)9)7(4,5)6/h2H,1H3,(H,8,9). The summed E-state index contributed by atoms with van der Waals surface area (Å²) >= 11 is 0. The molecule has 0 heterocycles. The van der Waals surface area contributed by atoms with Crippen molar-refractivity contribution < 1.29 is 9.90 Å². The average Bonchev–Trinajstić information content (AvgIpc) is 1.62. The molecule has 0 bridgehead atoms. The van der Waals surface area contributed by atoms with Gasteiger partial charge in [-0.3, -0.25) is 0 Å². The first-order chi connectivity index (χ1) is 3.85. The van der Waals surface area contributed by atoms with Crippen molar-refractivity contribution in [2.45, 2.75) is 11.7 Å². The molecule has 0 amide bonds. The molecule has 0 aromatic rings. The number of carboxylic acid groups (broad SMARTS) is 1. The molecule has 0 aliphatic heterocycles. The van der Waals surface area contributed by atoms with Gasteiger partial charge in [-0.2, -0.15) is 0 Å². The van der Waals surface area contributed by atoms with Crippen LogP contribution in [-0.2, 0) is 4.79 Å². The summed E-state index contributed by atoms with van der Waals surface area (Å²) in [5.74, 6) is -1.03. The fourth-order valence-electron chi connectivity index (χ4n) is 0.140. The summed E-state index contributed by atoms with van der Waals surface area (Å²) in [7, 11) is 12.8. The van der Waals surface area contributed by atoms with Crippen LogP contribution in [0.3, 0.4) is 0 Å². The van der Waals surface area contributed by atoms with Gasteiger partial charge in [-0.1, -0.05) is 0 Å². The van der Waals surface area contributed by atoms with Crippen molar-refractivity contribution in [2.75, 3.05) is 0 Å². The topological polar surface area (TPSA) is 37.3 Å². The summed E-state index contributed by atoms with van der Waals surface area (Å²) in [6.45, 7) is 1.41. The van der Waals surface area contributed by atoms with E-state index in [1.54, 1.807) is 0 Å². The van der Waals surface area contributed by atoms with Crippen LogP contribution in [0.4, 0.5) is 0 Å². The molecule has 9 heavy (non-hydrogen) atoms. The van der Waals surface area contributed by atoms with Gasteiger partial charge in [0.05, 0.1) is 0 Å². The molecular formula is C3H5Cl3GeO2. The van der Waals surface area contributed by atoms with Crippen molar-refractivity contribution in [3.05, 3.63) is 0 Å². The number of carbonyl (C=O) groups is 1. The van der Waals surface area contributed by atoms with Crippen LogP contribution in [0.2, 0.25) is 4.75 Å². The van der Waals surface area contributed by atoms with Gasteiger partial charge in [0.2, 0.25) is 0 Å². The number of carboxylic acids is 1. The number of hydrogen-bond donors (Lipinski definition) is 1. The summed E-state index contributed by atoms with van der Waals surface area (Å²) in [6, 6.07) is 0. The first kappa shape index (κ1) is 9.88. The van der Waals surface area contributed by atoms with Crippen molar-refractivity contribution in [2.24, 2.45) is 0 Å². The molecule has 0 rings (SSSR count). The third kappa shape index (κ3) is 3.55. The number of rotatable bonds is 2. The second kappa shape index (κ2) is 3.33. The van der Waals surface area contributed by atoms with E-state index in [0.717, 1.165) is 0 Å². The Labute approximate surface area is 68.0 Å². The zero-order valence-electron chi connectivity index (χ0n) is 4.57. The van der Waals surface area contributed by atoms with E-state index >= 15 is 0 Å². The predicted molar refractivity (Wildman–Crippen MR) is 40.4 cm³/mol. The van der Waals surface area contributed by atoms with Gasteiger partial charge in [-0.05, 0) is 0 Å². The molecular weight excluding hydrogens is 247 g/mol. The maximum absolute atomic E-state index is 10.1. The molecule has 0 saturated heterocycles. The molecule has 0 spiro atoms. The van der Waals surface area contributed by atoms with Gasteiger partial charge in [0.15, 0.2) is 0 Å². The summed E-state index contributed by atoms with van der Waals surface area (Å²) in [5, 5.41) is 8.31. The van der Waals surface area contributed by atoms with Gasteiger partial charge in [0.1, 0.15) is 0 Å². The summed E-state index contributed by atoms with van der Waals surface area (Å²) in [6.07, 6.45) is 0. The van der Waals surface area contributed by atoms with Crippen molar-refractivity contribution in [3.63, 3.8) is 0 Å². The van der Waals surface area contributed by atoms with Crippen LogP contribution >= 0.6 is 30.0 Å². The Morgan fingerprint density at radius 1 is 1.56 bits per heavy atom. The normalized spacial score (nSPS) is 15.1. The van der Waals surface area contributed by atoms with Crippen LogP contribution in [-0.4, -0.2) is 21.6 Å². The second-order valence-electron chi connectivity index (χ2n) is 1.60. The Bertz CT molecular complexity index is 121. The quantitative estimate of drug-likeness (QED) is 0.764. The van der Waals surface area contributed by atoms with Crippen molar-refractivity contribution in [1.82, 2.24) is 0 Å². The molecule has 0 aromatic carbocycles. The SMILES string of the molecule is C[CH](C(=O)O)[Ge]([Cl])([Cl])[Cl]. The van der Waals surface area contributed by atoms with Crippen LogP contribution in [0.5, 0.6) is 0 Å². The van der Waals surface area contributed by atoms with E-state index in [0.29, 0.717) is 0 Å². The molecule has 54 valence electrons. The molecule has 0 radical (unpaired) electrons. The van der Waals surface area contributed by atoms with Crippen LogP contribution in [0.1, 0.15) is 6.92 Å². The molecule has 1 unspecified atom stereocenters. The van der Waals surface area contributed by atoms with E-state index in [2.05, 4.69) is 0 Å². The fourth-order valence-corrected chi connectivity index (χ4v) is 2.18. The van der Waals surface area contributed by atoms with Gasteiger partial charge in [0.25, 0.3) is 0 Å². The minimum atomic E-state index is -3.46. The Morgan fingerprint density at radius 3 is 1.89 bits per heavy atom. The molecule has 0 saturated carbocycles. The van der Waals surface area contributed by atoms with Crippen molar-refractivity contribution >= 4 is 46.5 Å². The molecule has 1 N–H and O–H groups in total. The van der Waals surface area contributed by atoms with E-state index in [-0.39, 0.29) is 0 Å². The third-order valence-corrected chi connectivity index (χ3v) is 8.54. The van der Waals surface area contributed by atoms with Gasteiger partial charge in [-0.15, -0.1) is 0 Å². The molecule has 0 aromatic heterocycles. The number of hydrogen-bond acceptors (Lipinski definition) is 1. The van der Waals surface area contributed by atoms with Gasteiger partial charge < -0.3 is 0 Å². The van der Waals surface area contributed by atoms with E-state index in [1.165, 1.54) is 6.92 Å².